The molecule has 2 aromatic rings. The van der Waals surface area contributed by atoms with E-state index in [1.807, 2.05) is 6.07 Å². The molecule has 0 aromatic heterocycles. The van der Waals surface area contributed by atoms with E-state index in [-0.39, 0.29) is 16.5 Å². The third-order valence-corrected chi connectivity index (χ3v) is 2.98. The van der Waals surface area contributed by atoms with Gasteiger partial charge in [0.15, 0.2) is 0 Å². The molecule has 0 fully saturated rings. The second kappa shape index (κ2) is 5.59. The molecule has 0 heterocycles. The summed E-state index contributed by atoms with van der Waals surface area (Å²) in [6.45, 7) is 1.64. The van der Waals surface area contributed by atoms with Gasteiger partial charge in [0.1, 0.15) is 11.8 Å². The van der Waals surface area contributed by atoms with Gasteiger partial charge in [0.25, 0.3) is 0 Å². The van der Waals surface area contributed by atoms with Gasteiger partial charge in [-0.2, -0.15) is 5.26 Å². The second-order valence-electron chi connectivity index (χ2n) is 4.03. The molecule has 20 heavy (non-hydrogen) atoms. The van der Waals surface area contributed by atoms with Crippen molar-refractivity contribution in [1.82, 2.24) is 0 Å². The standard InChI is InChI=1S/C14H9ClN2O3/c1-9-3-2-4-13(14(9)17(18)19)20-11-6-5-10(8-16)12(15)7-11/h2-7H,1H3. The molecule has 0 amide bonds. The molecule has 0 aliphatic carbocycles. The number of para-hydroxylation sites is 1. The average Bonchev–Trinajstić information content (AvgIpc) is 2.38. The Hall–Kier alpha value is -2.58. The maximum absolute atomic E-state index is 11.1. The number of halogens is 1. The summed E-state index contributed by atoms with van der Waals surface area (Å²) >= 11 is 5.89. The van der Waals surface area contributed by atoms with Crippen LogP contribution in [0.15, 0.2) is 36.4 Å². The van der Waals surface area contributed by atoms with Crippen molar-refractivity contribution in [3.05, 3.63) is 62.7 Å². The average molecular weight is 289 g/mol. The minimum Gasteiger partial charge on any atom is -0.450 e. The molecule has 0 atom stereocenters. The molecule has 0 spiro atoms. The highest BCUT2D eigenvalue weighted by atomic mass is 35.5. The zero-order chi connectivity index (χ0) is 14.7. The van der Waals surface area contributed by atoms with E-state index in [0.29, 0.717) is 16.9 Å². The van der Waals surface area contributed by atoms with E-state index < -0.39 is 4.92 Å². The lowest BCUT2D eigenvalue weighted by atomic mass is 10.2. The Bertz CT molecular complexity index is 723. The number of rotatable bonds is 3. The molecule has 0 radical (unpaired) electrons. The highest BCUT2D eigenvalue weighted by Crippen LogP contribution is 2.34. The van der Waals surface area contributed by atoms with Crippen LogP contribution in [0.3, 0.4) is 0 Å². The van der Waals surface area contributed by atoms with Crippen LogP contribution in [0.4, 0.5) is 5.69 Å². The highest BCUT2D eigenvalue weighted by molar-refractivity contribution is 6.31. The zero-order valence-corrected chi connectivity index (χ0v) is 11.2. The van der Waals surface area contributed by atoms with Gasteiger partial charge in [0, 0.05) is 11.6 Å². The normalized spacial score (nSPS) is 9.85. The van der Waals surface area contributed by atoms with Gasteiger partial charge in [0.2, 0.25) is 5.75 Å². The smallest absolute Gasteiger partial charge is 0.314 e. The summed E-state index contributed by atoms with van der Waals surface area (Å²) < 4.78 is 5.50. The van der Waals surface area contributed by atoms with Crippen molar-refractivity contribution in [3.8, 4) is 17.6 Å². The van der Waals surface area contributed by atoms with Crippen LogP contribution in [0.5, 0.6) is 11.5 Å². The molecule has 6 heteroatoms. The largest absolute Gasteiger partial charge is 0.450 e. The van der Waals surface area contributed by atoms with Crippen LogP contribution in [-0.2, 0) is 0 Å². The van der Waals surface area contributed by atoms with Crippen molar-refractivity contribution in [2.75, 3.05) is 0 Å². The van der Waals surface area contributed by atoms with E-state index in [1.54, 1.807) is 19.1 Å². The third kappa shape index (κ3) is 2.71. The molecule has 2 aromatic carbocycles. The molecule has 100 valence electrons. The second-order valence-corrected chi connectivity index (χ2v) is 4.44. The van der Waals surface area contributed by atoms with Gasteiger partial charge in [-0.3, -0.25) is 10.1 Å². The fourth-order valence-electron chi connectivity index (χ4n) is 1.73. The predicted octanol–water partition coefficient (Wildman–Crippen LogP) is 4.22. The first-order valence-corrected chi connectivity index (χ1v) is 6.02. The molecule has 0 N–H and O–H groups in total. The summed E-state index contributed by atoms with van der Waals surface area (Å²) in [7, 11) is 0. The Labute approximate surface area is 120 Å². The van der Waals surface area contributed by atoms with Crippen LogP contribution in [0.1, 0.15) is 11.1 Å². The van der Waals surface area contributed by atoms with Crippen molar-refractivity contribution >= 4 is 17.3 Å². The highest BCUT2D eigenvalue weighted by Gasteiger charge is 2.18. The maximum Gasteiger partial charge on any atom is 0.314 e. The molecular weight excluding hydrogens is 280 g/mol. The minimum atomic E-state index is -0.490. The quantitative estimate of drug-likeness (QED) is 0.626. The van der Waals surface area contributed by atoms with Crippen LogP contribution in [0.25, 0.3) is 0 Å². The number of ether oxygens (including phenoxy) is 1. The van der Waals surface area contributed by atoms with Gasteiger partial charge in [-0.1, -0.05) is 23.7 Å². The van der Waals surface area contributed by atoms with Crippen molar-refractivity contribution < 1.29 is 9.66 Å². The monoisotopic (exact) mass is 288 g/mol. The SMILES string of the molecule is Cc1cccc(Oc2ccc(C#N)c(Cl)c2)c1[N+](=O)[O-]. The zero-order valence-electron chi connectivity index (χ0n) is 10.5. The number of hydrogen-bond donors (Lipinski definition) is 0. The van der Waals surface area contributed by atoms with E-state index in [9.17, 15) is 10.1 Å². The van der Waals surface area contributed by atoms with E-state index in [2.05, 4.69) is 0 Å². The van der Waals surface area contributed by atoms with Crippen LogP contribution < -0.4 is 4.74 Å². The number of benzene rings is 2. The van der Waals surface area contributed by atoms with Gasteiger partial charge < -0.3 is 4.74 Å². The van der Waals surface area contributed by atoms with Gasteiger partial charge in [-0.25, -0.2) is 0 Å². The van der Waals surface area contributed by atoms with Crippen LogP contribution >= 0.6 is 11.6 Å². The maximum atomic E-state index is 11.1. The Balaban J connectivity index is 2.41. The molecule has 0 aliphatic heterocycles. The first-order chi connectivity index (χ1) is 9.52. The Morgan fingerprint density at radius 2 is 2.10 bits per heavy atom. The lowest BCUT2D eigenvalue weighted by molar-refractivity contribution is -0.386. The molecule has 0 aliphatic rings. The van der Waals surface area contributed by atoms with Crippen molar-refractivity contribution in [1.29, 1.82) is 5.26 Å². The molecule has 5 nitrogen and oxygen atoms in total. The number of nitrogens with zero attached hydrogens (tertiary/aromatic N) is 2. The van der Waals surface area contributed by atoms with Gasteiger partial charge in [-0.05, 0) is 25.1 Å². The Morgan fingerprint density at radius 3 is 2.70 bits per heavy atom. The fraction of sp³-hybridized carbons (Fsp3) is 0.0714. The molecule has 0 bridgehead atoms. The third-order valence-electron chi connectivity index (χ3n) is 2.67. The first kappa shape index (κ1) is 13.8. The summed E-state index contributed by atoms with van der Waals surface area (Å²) in [6.07, 6.45) is 0. The van der Waals surface area contributed by atoms with Crippen LogP contribution in [0, 0.1) is 28.4 Å². The van der Waals surface area contributed by atoms with Crippen molar-refractivity contribution in [2.24, 2.45) is 0 Å². The predicted molar refractivity (Wildman–Crippen MR) is 74.1 cm³/mol. The fourth-order valence-corrected chi connectivity index (χ4v) is 1.94. The summed E-state index contributed by atoms with van der Waals surface area (Å²) in [5.74, 6) is 0.471. The lowest BCUT2D eigenvalue weighted by Gasteiger charge is -2.08. The summed E-state index contributed by atoms with van der Waals surface area (Å²) in [5.41, 5.74) is 0.734. The number of nitro groups is 1. The molecule has 0 unspecified atom stereocenters. The van der Waals surface area contributed by atoms with Crippen LogP contribution in [-0.4, -0.2) is 4.92 Å². The lowest BCUT2D eigenvalue weighted by Crippen LogP contribution is -1.96. The van der Waals surface area contributed by atoms with E-state index >= 15 is 0 Å². The van der Waals surface area contributed by atoms with Crippen LogP contribution in [0.2, 0.25) is 5.02 Å². The van der Waals surface area contributed by atoms with Gasteiger partial charge in [-0.15, -0.1) is 0 Å². The van der Waals surface area contributed by atoms with Gasteiger partial charge in [0.05, 0.1) is 15.5 Å². The Kier molecular flexibility index (Phi) is 3.87. The van der Waals surface area contributed by atoms with Crippen molar-refractivity contribution in [3.63, 3.8) is 0 Å². The molecule has 2 rings (SSSR count). The van der Waals surface area contributed by atoms with E-state index in [1.165, 1.54) is 24.3 Å². The number of aryl methyl sites for hydroxylation is 1. The summed E-state index contributed by atoms with van der Waals surface area (Å²) in [6, 6.07) is 11.2. The van der Waals surface area contributed by atoms with E-state index in [0.717, 1.165) is 0 Å². The number of nitriles is 1. The first-order valence-electron chi connectivity index (χ1n) is 5.64. The van der Waals surface area contributed by atoms with Crippen molar-refractivity contribution in [2.45, 2.75) is 6.92 Å². The van der Waals surface area contributed by atoms with Gasteiger partial charge >= 0.3 is 5.69 Å². The summed E-state index contributed by atoms with van der Waals surface area (Å²) in [4.78, 5) is 10.6. The molecular formula is C14H9ClN2O3. The summed E-state index contributed by atoms with van der Waals surface area (Å²) in [5, 5.41) is 20.1. The number of hydrogen-bond acceptors (Lipinski definition) is 4. The van der Waals surface area contributed by atoms with E-state index in [4.69, 9.17) is 21.6 Å². The number of nitro benzene ring substituents is 1. The topological polar surface area (TPSA) is 76.2 Å². The Morgan fingerprint density at radius 1 is 1.35 bits per heavy atom. The molecule has 0 saturated carbocycles. The minimum absolute atomic E-state index is 0.0898. The molecule has 0 saturated heterocycles.